The van der Waals surface area contributed by atoms with E-state index in [4.69, 9.17) is 13.7 Å². The Morgan fingerprint density at radius 2 is 1.58 bits per heavy atom. The van der Waals surface area contributed by atoms with Gasteiger partial charge in [-0.1, -0.05) is 30.3 Å². The molecule has 0 saturated carbocycles. The van der Waals surface area contributed by atoms with Crippen LogP contribution in [0.25, 0.3) is 0 Å². The average molecular weight is 288 g/mol. The third kappa shape index (κ3) is 7.94. The smallest absolute Gasteiger partial charge is 0.271 e. The molecular weight excluding hydrogens is 268 g/mol. The summed E-state index contributed by atoms with van der Waals surface area (Å²) in [6.45, 7) is 3.76. The summed E-state index contributed by atoms with van der Waals surface area (Å²) in [4.78, 5) is 0. The molecule has 0 N–H and O–H groups in total. The van der Waals surface area contributed by atoms with Crippen LogP contribution in [0.2, 0.25) is 0 Å². The molecule has 0 atom stereocenters. The van der Waals surface area contributed by atoms with E-state index in [1.54, 1.807) is 24.3 Å². The van der Waals surface area contributed by atoms with Crippen molar-refractivity contribution in [1.82, 2.24) is 0 Å². The third-order valence-electron chi connectivity index (χ3n) is 2.25. The van der Waals surface area contributed by atoms with Crippen molar-refractivity contribution in [2.75, 3.05) is 33.0 Å². The van der Waals surface area contributed by atoms with Gasteiger partial charge in [-0.25, -0.2) is 0 Å². The van der Waals surface area contributed by atoms with Crippen molar-refractivity contribution >= 4 is 10.1 Å². The Labute approximate surface area is 114 Å². The van der Waals surface area contributed by atoms with E-state index in [0.717, 1.165) is 0 Å². The molecule has 0 aromatic heterocycles. The molecule has 0 heterocycles. The van der Waals surface area contributed by atoms with Gasteiger partial charge < -0.3 is 9.47 Å². The molecule has 0 unspecified atom stereocenters. The fourth-order valence-corrected chi connectivity index (χ4v) is 2.41. The van der Waals surface area contributed by atoms with Crippen LogP contribution in [0.4, 0.5) is 0 Å². The number of rotatable bonds is 10. The minimum Gasteiger partial charge on any atom is -0.379 e. The normalized spacial score (nSPS) is 11.6. The standard InChI is InChI=1S/C13H20O5S/c1-2-16-8-9-17-10-11-18-19(14,15)12-13-6-4-3-5-7-13/h3-7H,2,8-12H2,1H3. The number of hydrogen-bond donors (Lipinski definition) is 0. The summed E-state index contributed by atoms with van der Waals surface area (Å²) >= 11 is 0. The van der Waals surface area contributed by atoms with Crippen molar-refractivity contribution in [3.8, 4) is 0 Å². The highest BCUT2D eigenvalue weighted by Gasteiger charge is 2.11. The SMILES string of the molecule is CCOCCOCCOS(=O)(=O)Cc1ccccc1. The van der Waals surface area contributed by atoms with Gasteiger partial charge in [0.15, 0.2) is 0 Å². The quantitative estimate of drug-likeness (QED) is 0.483. The van der Waals surface area contributed by atoms with E-state index in [2.05, 4.69) is 0 Å². The predicted octanol–water partition coefficient (Wildman–Crippen LogP) is 1.59. The molecule has 108 valence electrons. The third-order valence-corrected chi connectivity index (χ3v) is 3.47. The molecule has 19 heavy (non-hydrogen) atoms. The lowest BCUT2D eigenvalue weighted by Crippen LogP contribution is -2.14. The molecule has 0 bridgehead atoms. The van der Waals surface area contributed by atoms with Crippen molar-refractivity contribution in [3.05, 3.63) is 35.9 Å². The Bertz CT molecular complexity index is 430. The summed E-state index contributed by atoms with van der Waals surface area (Å²) in [5, 5.41) is 0. The maximum absolute atomic E-state index is 11.6. The Morgan fingerprint density at radius 1 is 0.947 bits per heavy atom. The lowest BCUT2D eigenvalue weighted by molar-refractivity contribution is 0.0413. The first-order valence-electron chi connectivity index (χ1n) is 6.20. The highest BCUT2D eigenvalue weighted by atomic mass is 32.2. The van der Waals surface area contributed by atoms with Gasteiger partial charge in [0, 0.05) is 6.61 Å². The molecule has 5 nitrogen and oxygen atoms in total. The molecular formula is C13H20O5S. The van der Waals surface area contributed by atoms with Crippen molar-refractivity contribution in [2.45, 2.75) is 12.7 Å². The van der Waals surface area contributed by atoms with Gasteiger partial charge in [0.25, 0.3) is 10.1 Å². The zero-order valence-corrected chi connectivity index (χ0v) is 11.9. The summed E-state index contributed by atoms with van der Waals surface area (Å²) in [5.41, 5.74) is 0.708. The highest BCUT2D eigenvalue weighted by molar-refractivity contribution is 7.85. The van der Waals surface area contributed by atoms with Crippen molar-refractivity contribution in [1.29, 1.82) is 0 Å². The second kappa shape index (κ2) is 9.03. The number of hydrogen-bond acceptors (Lipinski definition) is 5. The van der Waals surface area contributed by atoms with Gasteiger partial charge in [0.05, 0.1) is 26.4 Å². The molecule has 0 amide bonds. The summed E-state index contributed by atoms with van der Waals surface area (Å²) in [6, 6.07) is 8.92. The van der Waals surface area contributed by atoms with Crippen LogP contribution in [0.15, 0.2) is 30.3 Å². The fraction of sp³-hybridized carbons (Fsp3) is 0.538. The summed E-state index contributed by atoms with van der Waals surface area (Å²) in [5.74, 6) is -0.118. The molecule has 0 aliphatic rings. The van der Waals surface area contributed by atoms with Crippen molar-refractivity contribution in [3.63, 3.8) is 0 Å². The maximum Gasteiger partial charge on any atom is 0.271 e. The van der Waals surface area contributed by atoms with E-state index < -0.39 is 10.1 Å². The van der Waals surface area contributed by atoms with Crippen LogP contribution in [0.5, 0.6) is 0 Å². The zero-order valence-electron chi connectivity index (χ0n) is 11.1. The van der Waals surface area contributed by atoms with Gasteiger partial charge in [-0.15, -0.1) is 0 Å². The van der Waals surface area contributed by atoms with Gasteiger partial charge in [0.1, 0.15) is 5.75 Å². The summed E-state index contributed by atoms with van der Waals surface area (Å²) in [6.07, 6.45) is 0. The van der Waals surface area contributed by atoms with E-state index in [9.17, 15) is 8.42 Å². The monoisotopic (exact) mass is 288 g/mol. The second-order valence-corrected chi connectivity index (χ2v) is 5.46. The van der Waals surface area contributed by atoms with E-state index in [0.29, 0.717) is 25.4 Å². The minimum atomic E-state index is -3.54. The molecule has 0 saturated heterocycles. The van der Waals surface area contributed by atoms with Gasteiger partial charge in [-0.2, -0.15) is 8.42 Å². The summed E-state index contributed by atoms with van der Waals surface area (Å²) < 4.78 is 38.4. The minimum absolute atomic E-state index is 0.0291. The summed E-state index contributed by atoms with van der Waals surface area (Å²) in [7, 11) is -3.54. The average Bonchev–Trinajstić information content (AvgIpc) is 2.38. The van der Waals surface area contributed by atoms with Crippen LogP contribution in [0.1, 0.15) is 12.5 Å². The molecule has 0 aliphatic carbocycles. The molecule has 0 fully saturated rings. The molecule has 0 aliphatic heterocycles. The van der Waals surface area contributed by atoms with Gasteiger partial charge in [-0.3, -0.25) is 4.18 Å². The van der Waals surface area contributed by atoms with Gasteiger partial charge in [0.2, 0.25) is 0 Å². The first-order chi connectivity index (χ1) is 9.14. The number of benzene rings is 1. The fourth-order valence-electron chi connectivity index (χ4n) is 1.40. The first kappa shape index (κ1) is 16.1. The van der Waals surface area contributed by atoms with Crippen LogP contribution in [-0.4, -0.2) is 41.5 Å². The molecule has 1 rings (SSSR count). The van der Waals surface area contributed by atoms with E-state index in [-0.39, 0.29) is 19.0 Å². The van der Waals surface area contributed by atoms with Crippen LogP contribution in [-0.2, 0) is 29.5 Å². The zero-order chi connectivity index (χ0) is 14.0. The first-order valence-corrected chi connectivity index (χ1v) is 7.78. The second-order valence-electron chi connectivity index (χ2n) is 3.82. The lowest BCUT2D eigenvalue weighted by Gasteiger charge is -2.06. The maximum atomic E-state index is 11.6. The van der Waals surface area contributed by atoms with Crippen molar-refractivity contribution in [2.24, 2.45) is 0 Å². The predicted molar refractivity (Wildman–Crippen MR) is 72.3 cm³/mol. The largest absolute Gasteiger partial charge is 0.379 e. The van der Waals surface area contributed by atoms with E-state index in [1.807, 2.05) is 13.0 Å². The Hall–Kier alpha value is -0.950. The molecule has 0 radical (unpaired) electrons. The van der Waals surface area contributed by atoms with Crippen molar-refractivity contribution < 1.29 is 22.1 Å². The molecule has 1 aromatic rings. The van der Waals surface area contributed by atoms with Crippen LogP contribution >= 0.6 is 0 Å². The highest BCUT2D eigenvalue weighted by Crippen LogP contribution is 2.06. The van der Waals surface area contributed by atoms with E-state index in [1.165, 1.54) is 0 Å². The molecule has 0 spiro atoms. The molecule has 1 aromatic carbocycles. The topological polar surface area (TPSA) is 61.8 Å². The Kier molecular flexibility index (Phi) is 7.66. The van der Waals surface area contributed by atoms with Crippen LogP contribution < -0.4 is 0 Å². The number of ether oxygens (including phenoxy) is 2. The molecule has 6 heteroatoms. The Balaban J connectivity index is 2.17. The van der Waals surface area contributed by atoms with E-state index >= 15 is 0 Å². The Morgan fingerprint density at radius 3 is 2.26 bits per heavy atom. The van der Waals surface area contributed by atoms with Gasteiger partial charge in [-0.05, 0) is 12.5 Å². The van der Waals surface area contributed by atoms with Crippen LogP contribution in [0.3, 0.4) is 0 Å². The van der Waals surface area contributed by atoms with Crippen LogP contribution in [0, 0.1) is 0 Å². The van der Waals surface area contributed by atoms with Gasteiger partial charge >= 0.3 is 0 Å². The lowest BCUT2D eigenvalue weighted by atomic mass is 10.2.